The summed E-state index contributed by atoms with van der Waals surface area (Å²) in [6.07, 6.45) is -6.66. The van der Waals surface area contributed by atoms with Gasteiger partial charge in [0.2, 0.25) is 0 Å². The first-order valence-electron chi connectivity index (χ1n) is 12.2. The molecular weight excluding hydrogens is 572 g/mol. The smallest absolute Gasteiger partial charge is 0.338 e. The Hall–Kier alpha value is -3.57. The number of aliphatic hydroxyl groups excluding tert-OH is 1. The van der Waals surface area contributed by atoms with Gasteiger partial charge < -0.3 is 28.8 Å². The number of aliphatic hydroxyl groups is 1. The quantitative estimate of drug-likeness (QED) is 0.211. The first-order valence-corrected chi connectivity index (χ1v) is 13.4. The molecule has 39 heavy (non-hydrogen) atoms. The molecule has 10 heteroatoms. The number of ether oxygens (including phenoxy) is 5. The van der Waals surface area contributed by atoms with Gasteiger partial charge in [0.05, 0.1) is 23.3 Å². The first kappa shape index (κ1) is 28.4. The second kappa shape index (κ2) is 14.0. The highest BCUT2D eigenvalue weighted by atomic mass is 79.9. The highest BCUT2D eigenvalue weighted by molar-refractivity contribution is 9.09. The van der Waals surface area contributed by atoms with Gasteiger partial charge in [0, 0.05) is 5.33 Å². The number of carbonyl (C=O) groups excluding carboxylic acids is 3. The molecule has 3 aromatic rings. The largest absolute Gasteiger partial charge is 0.459 e. The van der Waals surface area contributed by atoms with E-state index in [9.17, 15) is 19.5 Å². The topological polar surface area (TPSA) is 118 Å². The van der Waals surface area contributed by atoms with Crippen LogP contribution < -0.4 is 0 Å². The molecule has 1 N–H and O–H groups in total. The molecule has 1 aliphatic heterocycles. The van der Waals surface area contributed by atoms with Crippen LogP contribution in [0.4, 0.5) is 0 Å². The third kappa shape index (κ3) is 7.51. The van der Waals surface area contributed by atoms with E-state index in [1.807, 2.05) is 0 Å². The third-order valence-electron chi connectivity index (χ3n) is 5.87. The highest BCUT2D eigenvalue weighted by Gasteiger charge is 2.50. The van der Waals surface area contributed by atoms with E-state index in [1.54, 1.807) is 91.0 Å². The Labute approximate surface area is 233 Å². The van der Waals surface area contributed by atoms with Crippen molar-refractivity contribution in [1.82, 2.24) is 0 Å². The number of carbonyl (C=O) groups is 3. The van der Waals surface area contributed by atoms with Crippen LogP contribution in [0.15, 0.2) is 91.0 Å². The van der Waals surface area contributed by atoms with Crippen molar-refractivity contribution < 1.29 is 43.2 Å². The maximum Gasteiger partial charge on any atom is 0.338 e. The lowest BCUT2D eigenvalue weighted by Crippen LogP contribution is -2.62. The van der Waals surface area contributed by atoms with E-state index in [0.29, 0.717) is 10.9 Å². The van der Waals surface area contributed by atoms with Crippen molar-refractivity contribution in [2.75, 3.05) is 18.5 Å². The van der Waals surface area contributed by atoms with Crippen LogP contribution in [-0.2, 0) is 23.7 Å². The molecule has 9 nitrogen and oxygen atoms in total. The van der Waals surface area contributed by atoms with Crippen molar-refractivity contribution >= 4 is 33.8 Å². The van der Waals surface area contributed by atoms with E-state index in [0.717, 1.165) is 0 Å². The van der Waals surface area contributed by atoms with Crippen LogP contribution in [0.1, 0.15) is 31.1 Å². The van der Waals surface area contributed by atoms with Crippen molar-refractivity contribution in [2.45, 2.75) is 30.7 Å². The minimum atomic E-state index is -1.57. The van der Waals surface area contributed by atoms with E-state index in [4.69, 9.17) is 23.7 Å². The van der Waals surface area contributed by atoms with E-state index < -0.39 is 48.6 Å². The van der Waals surface area contributed by atoms with Gasteiger partial charge in [-0.2, -0.15) is 0 Å². The monoisotopic (exact) mass is 598 g/mol. The normalized spacial score (nSPS) is 22.5. The molecule has 4 rings (SSSR count). The van der Waals surface area contributed by atoms with Gasteiger partial charge in [0.15, 0.2) is 18.5 Å². The lowest BCUT2D eigenvalue weighted by molar-refractivity contribution is -0.297. The number of alkyl halides is 1. The maximum absolute atomic E-state index is 12.9. The predicted molar refractivity (Wildman–Crippen MR) is 142 cm³/mol. The van der Waals surface area contributed by atoms with Crippen LogP contribution in [0.2, 0.25) is 0 Å². The van der Waals surface area contributed by atoms with Crippen LogP contribution in [-0.4, -0.2) is 72.3 Å². The number of esters is 3. The van der Waals surface area contributed by atoms with Crippen LogP contribution in [0, 0.1) is 0 Å². The minimum Gasteiger partial charge on any atom is -0.459 e. The summed E-state index contributed by atoms with van der Waals surface area (Å²) in [7, 11) is 0. The Bertz CT molecular complexity index is 1220. The molecule has 0 spiro atoms. The van der Waals surface area contributed by atoms with Crippen LogP contribution in [0.5, 0.6) is 0 Å². The second-order valence-electron chi connectivity index (χ2n) is 8.53. The molecule has 0 saturated carbocycles. The van der Waals surface area contributed by atoms with Crippen LogP contribution in [0.25, 0.3) is 0 Å². The molecule has 1 saturated heterocycles. The molecule has 1 fully saturated rings. The summed E-state index contributed by atoms with van der Waals surface area (Å²) in [6.45, 7) is -0.215. The summed E-state index contributed by atoms with van der Waals surface area (Å²) in [5, 5.41) is 11.8. The van der Waals surface area contributed by atoms with Gasteiger partial charge in [0.25, 0.3) is 0 Å². The molecular formula is C29H27BrO9. The average Bonchev–Trinajstić information content (AvgIpc) is 2.99. The first-order chi connectivity index (χ1) is 19.0. The Kier molecular flexibility index (Phi) is 10.2. The number of halogens is 1. The zero-order chi connectivity index (χ0) is 27.6. The summed E-state index contributed by atoms with van der Waals surface area (Å²) in [6, 6.07) is 24.7. The van der Waals surface area contributed by atoms with Gasteiger partial charge in [-0.3, -0.25) is 0 Å². The number of rotatable bonds is 10. The predicted octanol–water partition coefficient (Wildman–Crippen LogP) is 3.79. The van der Waals surface area contributed by atoms with Crippen molar-refractivity contribution in [2.24, 2.45) is 0 Å². The average molecular weight is 599 g/mol. The van der Waals surface area contributed by atoms with Crippen molar-refractivity contribution in [1.29, 1.82) is 0 Å². The molecule has 0 unspecified atom stereocenters. The van der Waals surface area contributed by atoms with E-state index in [2.05, 4.69) is 15.9 Å². The zero-order valence-corrected chi connectivity index (χ0v) is 22.3. The summed E-state index contributed by atoms with van der Waals surface area (Å²) in [4.78, 5) is 38.4. The molecule has 0 aliphatic carbocycles. The molecule has 3 aromatic carbocycles. The standard InChI is InChI=1S/C29H27BrO9/c30-16-17-35-29-25(39-28(34)21-14-8-3-9-15-21)23(31)24(38-27(33)20-12-6-2-7-13-20)22(37-29)18-36-26(32)19-10-4-1-5-11-19/h1-15,22-25,29,31H,16-18H2/t22-,23+,24+,25-,29-/m1/s1. The van der Waals surface area contributed by atoms with Crippen molar-refractivity contribution in [3.63, 3.8) is 0 Å². The van der Waals surface area contributed by atoms with Gasteiger partial charge in [-0.25, -0.2) is 14.4 Å². The van der Waals surface area contributed by atoms with Gasteiger partial charge in [0.1, 0.15) is 18.8 Å². The highest BCUT2D eigenvalue weighted by Crippen LogP contribution is 2.29. The van der Waals surface area contributed by atoms with Gasteiger partial charge in [-0.05, 0) is 36.4 Å². The van der Waals surface area contributed by atoms with Crippen molar-refractivity contribution in [3.05, 3.63) is 108 Å². The second-order valence-corrected chi connectivity index (χ2v) is 9.32. The zero-order valence-electron chi connectivity index (χ0n) is 20.8. The summed E-state index contributed by atoms with van der Waals surface area (Å²) in [5.41, 5.74) is 0.800. The summed E-state index contributed by atoms with van der Waals surface area (Å²) >= 11 is 3.27. The lowest BCUT2D eigenvalue weighted by Gasteiger charge is -2.42. The van der Waals surface area contributed by atoms with Gasteiger partial charge in [-0.15, -0.1) is 0 Å². The van der Waals surface area contributed by atoms with E-state index in [-0.39, 0.29) is 24.3 Å². The number of hydrogen-bond acceptors (Lipinski definition) is 9. The summed E-state index contributed by atoms with van der Waals surface area (Å²) in [5.74, 6) is -2.09. The van der Waals surface area contributed by atoms with E-state index >= 15 is 0 Å². The maximum atomic E-state index is 12.9. The SMILES string of the molecule is O=C(OC[C@H]1O[C@@H](OCCBr)[C@H](OC(=O)c2ccccc2)[C@@H](O)[C@H]1OC(=O)c1ccccc1)c1ccccc1. The molecule has 0 bridgehead atoms. The van der Waals surface area contributed by atoms with Gasteiger partial charge in [-0.1, -0.05) is 70.5 Å². The third-order valence-corrected chi connectivity index (χ3v) is 6.19. The molecule has 1 heterocycles. The van der Waals surface area contributed by atoms with Crippen LogP contribution >= 0.6 is 15.9 Å². The summed E-state index contributed by atoms with van der Waals surface area (Å²) < 4.78 is 28.4. The molecule has 0 radical (unpaired) electrons. The molecule has 5 atom stereocenters. The minimum absolute atomic E-state index is 0.155. The molecule has 0 aromatic heterocycles. The number of benzene rings is 3. The Morgan fingerprint density at radius 2 is 1.18 bits per heavy atom. The molecule has 0 amide bonds. The Balaban J connectivity index is 1.58. The van der Waals surface area contributed by atoms with E-state index in [1.165, 1.54) is 0 Å². The van der Waals surface area contributed by atoms with Crippen molar-refractivity contribution in [3.8, 4) is 0 Å². The molecule has 1 aliphatic rings. The fourth-order valence-corrected chi connectivity index (χ4v) is 4.13. The number of hydrogen-bond donors (Lipinski definition) is 1. The Morgan fingerprint density at radius 1 is 0.718 bits per heavy atom. The van der Waals surface area contributed by atoms with Gasteiger partial charge >= 0.3 is 17.9 Å². The molecule has 204 valence electrons. The fraction of sp³-hybridized carbons (Fsp3) is 0.276. The fourth-order valence-electron chi connectivity index (χ4n) is 3.94. The Morgan fingerprint density at radius 3 is 1.67 bits per heavy atom. The van der Waals surface area contributed by atoms with Crippen LogP contribution in [0.3, 0.4) is 0 Å². The lowest BCUT2D eigenvalue weighted by atomic mass is 9.98.